The Labute approximate surface area is 117 Å². The molecule has 106 valence electrons. The van der Waals surface area contributed by atoms with Crippen LogP contribution in [0.5, 0.6) is 5.88 Å². The van der Waals surface area contributed by atoms with E-state index in [0.717, 1.165) is 5.82 Å². The highest BCUT2D eigenvalue weighted by molar-refractivity contribution is 5.53. The predicted molar refractivity (Wildman–Crippen MR) is 75.2 cm³/mol. The Morgan fingerprint density at radius 1 is 1.45 bits per heavy atom. The number of hydrogen-bond donors (Lipinski definition) is 2. The summed E-state index contributed by atoms with van der Waals surface area (Å²) < 4.78 is 7.51. The molecule has 1 fully saturated rings. The van der Waals surface area contributed by atoms with Gasteiger partial charge in [0, 0.05) is 7.05 Å². The largest absolute Gasteiger partial charge is 0.476 e. The molecule has 0 amide bonds. The van der Waals surface area contributed by atoms with Crippen LogP contribution in [0.4, 0.5) is 11.5 Å². The summed E-state index contributed by atoms with van der Waals surface area (Å²) in [6, 6.07) is 3.63. The van der Waals surface area contributed by atoms with Gasteiger partial charge in [-0.2, -0.15) is 4.98 Å². The van der Waals surface area contributed by atoms with E-state index < -0.39 is 0 Å². The fraction of sp³-hybridized carbons (Fsp3) is 0.462. The summed E-state index contributed by atoms with van der Waals surface area (Å²) in [5, 5.41) is 11.0. The zero-order chi connectivity index (χ0) is 13.9. The van der Waals surface area contributed by atoms with Crippen LogP contribution in [-0.2, 0) is 13.6 Å². The Bertz CT molecular complexity index is 592. The van der Waals surface area contributed by atoms with Crippen LogP contribution in [0.25, 0.3) is 0 Å². The molecule has 3 N–H and O–H groups in total. The summed E-state index contributed by atoms with van der Waals surface area (Å²) >= 11 is 0. The fourth-order valence-electron chi connectivity index (χ4n) is 1.78. The van der Waals surface area contributed by atoms with E-state index >= 15 is 0 Å². The molecule has 1 saturated carbocycles. The Morgan fingerprint density at radius 3 is 3.00 bits per heavy atom. The molecule has 0 bridgehead atoms. The van der Waals surface area contributed by atoms with E-state index in [9.17, 15) is 0 Å². The molecule has 1 aliphatic carbocycles. The Kier molecular flexibility index (Phi) is 3.41. The average molecular weight is 274 g/mol. The molecule has 0 atom stereocenters. The Hall–Kier alpha value is -2.31. The molecule has 2 heterocycles. The molecule has 0 unspecified atom stereocenters. The SMILES string of the molecule is Cn1cnnc1CNc1ccc(N)c(OCC2CC2)n1. The van der Waals surface area contributed by atoms with Crippen LogP contribution in [0.15, 0.2) is 18.5 Å². The summed E-state index contributed by atoms with van der Waals surface area (Å²) in [6.45, 7) is 1.25. The molecule has 20 heavy (non-hydrogen) atoms. The van der Waals surface area contributed by atoms with Crippen molar-refractivity contribution in [2.75, 3.05) is 17.7 Å². The lowest BCUT2D eigenvalue weighted by Crippen LogP contribution is -2.09. The van der Waals surface area contributed by atoms with Gasteiger partial charge in [-0.1, -0.05) is 0 Å². The monoisotopic (exact) mass is 274 g/mol. The van der Waals surface area contributed by atoms with Crippen molar-refractivity contribution in [2.45, 2.75) is 19.4 Å². The summed E-state index contributed by atoms with van der Waals surface area (Å²) in [7, 11) is 1.90. The van der Waals surface area contributed by atoms with Crippen LogP contribution in [0, 0.1) is 5.92 Å². The van der Waals surface area contributed by atoms with Crippen molar-refractivity contribution in [3.8, 4) is 5.88 Å². The normalized spacial score (nSPS) is 14.2. The summed E-state index contributed by atoms with van der Waals surface area (Å²) in [5.74, 6) is 2.73. The van der Waals surface area contributed by atoms with Crippen molar-refractivity contribution in [3.05, 3.63) is 24.3 Å². The highest BCUT2D eigenvalue weighted by Gasteiger charge is 2.22. The number of anilines is 2. The molecule has 7 heteroatoms. The number of nitrogen functional groups attached to an aromatic ring is 1. The minimum Gasteiger partial charge on any atom is -0.476 e. The van der Waals surface area contributed by atoms with E-state index in [4.69, 9.17) is 10.5 Å². The number of hydrogen-bond acceptors (Lipinski definition) is 6. The number of nitrogens with zero attached hydrogens (tertiary/aromatic N) is 4. The zero-order valence-electron chi connectivity index (χ0n) is 11.4. The maximum atomic E-state index is 5.87. The smallest absolute Gasteiger partial charge is 0.239 e. The van der Waals surface area contributed by atoms with Gasteiger partial charge in [-0.15, -0.1) is 10.2 Å². The molecule has 2 aromatic rings. The number of rotatable bonds is 6. The van der Waals surface area contributed by atoms with Gasteiger partial charge in [0.05, 0.1) is 18.8 Å². The lowest BCUT2D eigenvalue weighted by Gasteiger charge is -2.10. The zero-order valence-corrected chi connectivity index (χ0v) is 11.4. The number of nitrogens with two attached hydrogens (primary N) is 1. The van der Waals surface area contributed by atoms with Gasteiger partial charge in [0.2, 0.25) is 5.88 Å². The van der Waals surface area contributed by atoms with Crippen LogP contribution in [0.2, 0.25) is 0 Å². The fourth-order valence-corrected chi connectivity index (χ4v) is 1.78. The number of nitrogens with one attached hydrogen (secondary N) is 1. The van der Waals surface area contributed by atoms with Crippen molar-refractivity contribution in [3.63, 3.8) is 0 Å². The molecule has 0 aromatic carbocycles. The third-order valence-electron chi connectivity index (χ3n) is 3.28. The Morgan fingerprint density at radius 2 is 2.30 bits per heavy atom. The Balaban J connectivity index is 1.63. The first-order chi connectivity index (χ1) is 9.72. The molecule has 1 aliphatic rings. The molecule has 3 rings (SSSR count). The first-order valence-electron chi connectivity index (χ1n) is 6.68. The topological polar surface area (TPSA) is 90.9 Å². The van der Waals surface area contributed by atoms with Gasteiger partial charge in [-0.25, -0.2) is 0 Å². The number of pyridine rings is 1. The first-order valence-corrected chi connectivity index (χ1v) is 6.68. The van der Waals surface area contributed by atoms with Gasteiger partial charge < -0.3 is 20.4 Å². The van der Waals surface area contributed by atoms with E-state index in [1.807, 2.05) is 17.7 Å². The van der Waals surface area contributed by atoms with Crippen LogP contribution in [-0.4, -0.2) is 26.4 Å². The van der Waals surface area contributed by atoms with Crippen molar-refractivity contribution in [1.82, 2.24) is 19.7 Å². The van der Waals surface area contributed by atoms with Gasteiger partial charge in [-0.3, -0.25) is 0 Å². The van der Waals surface area contributed by atoms with Gasteiger partial charge >= 0.3 is 0 Å². The lowest BCUT2D eigenvalue weighted by molar-refractivity contribution is 0.290. The number of aryl methyl sites for hydroxylation is 1. The molecule has 2 aromatic heterocycles. The van der Waals surface area contributed by atoms with Crippen molar-refractivity contribution in [2.24, 2.45) is 13.0 Å². The lowest BCUT2D eigenvalue weighted by atomic mass is 10.4. The average Bonchev–Trinajstić information content (AvgIpc) is 3.18. The molecule has 0 spiro atoms. The second kappa shape index (κ2) is 5.36. The summed E-state index contributed by atoms with van der Waals surface area (Å²) in [6.07, 6.45) is 4.14. The van der Waals surface area contributed by atoms with E-state index in [2.05, 4.69) is 20.5 Å². The van der Waals surface area contributed by atoms with E-state index in [1.54, 1.807) is 12.4 Å². The molecular formula is C13H18N6O. The van der Waals surface area contributed by atoms with Crippen LogP contribution in [0.3, 0.4) is 0 Å². The third-order valence-corrected chi connectivity index (χ3v) is 3.28. The minimum atomic E-state index is 0.500. The standard InChI is InChI=1S/C13H18N6O/c1-19-8-16-18-12(19)6-15-11-5-4-10(14)13(17-11)20-7-9-2-3-9/h4-5,8-9H,2-3,6-7,14H2,1H3,(H,15,17). The van der Waals surface area contributed by atoms with Gasteiger partial charge in [0.1, 0.15) is 12.1 Å². The number of aromatic nitrogens is 4. The molecule has 0 aliphatic heterocycles. The molecule has 7 nitrogen and oxygen atoms in total. The predicted octanol–water partition coefficient (Wildman–Crippen LogP) is 1.19. The van der Waals surface area contributed by atoms with Crippen molar-refractivity contribution < 1.29 is 4.74 Å². The second-order valence-corrected chi connectivity index (χ2v) is 5.06. The van der Waals surface area contributed by atoms with Crippen molar-refractivity contribution >= 4 is 11.5 Å². The van der Waals surface area contributed by atoms with E-state index in [0.29, 0.717) is 36.5 Å². The quantitative estimate of drug-likeness (QED) is 0.822. The molecule has 0 radical (unpaired) electrons. The highest BCUT2D eigenvalue weighted by Crippen LogP contribution is 2.30. The maximum absolute atomic E-state index is 5.87. The van der Waals surface area contributed by atoms with E-state index in [1.165, 1.54) is 12.8 Å². The highest BCUT2D eigenvalue weighted by atomic mass is 16.5. The third kappa shape index (κ3) is 2.98. The van der Waals surface area contributed by atoms with Gasteiger partial charge in [0.25, 0.3) is 0 Å². The van der Waals surface area contributed by atoms with Gasteiger partial charge in [0.15, 0.2) is 5.82 Å². The van der Waals surface area contributed by atoms with Crippen LogP contribution in [0.1, 0.15) is 18.7 Å². The summed E-state index contributed by atoms with van der Waals surface area (Å²) in [5.41, 5.74) is 6.43. The molecular weight excluding hydrogens is 256 g/mol. The van der Waals surface area contributed by atoms with Gasteiger partial charge in [-0.05, 0) is 30.9 Å². The minimum absolute atomic E-state index is 0.500. The van der Waals surface area contributed by atoms with Crippen molar-refractivity contribution in [1.29, 1.82) is 0 Å². The number of ether oxygens (including phenoxy) is 1. The van der Waals surface area contributed by atoms with E-state index in [-0.39, 0.29) is 0 Å². The maximum Gasteiger partial charge on any atom is 0.239 e. The molecule has 0 saturated heterocycles. The second-order valence-electron chi connectivity index (χ2n) is 5.06. The summed E-state index contributed by atoms with van der Waals surface area (Å²) in [4.78, 5) is 4.39. The van der Waals surface area contributed by atoms with Crippen LogP contribution >= 0.6 is 0 Å². The van der Waals surface area contributed by atoms with Crippen LogP contribution < -0.4 is 15.8 Å². The first kappa shape index (κ1) is 12.7.